The van der Waals surface area contributed by atoms with Gasteiger partial charge in [0.25, 0.3) is 5.91 Å². The molecule has 3 heterocycles. The van der Waals surface area contributed by atoms with Gasteiger partial charge in [-0.25, -0.2) is 9.97 Å². The standard InChI is InChI=1S/C18H23N5O2/c1-12(2)25-15-8-14(9-20-10-15)17(24)23-7-3-4-13(11-23)16-5-6-21-18(19)22-16/h5-6,8-10,12-13H,3-4,7,11H2,1-2H3,(H2,19,21,22). The highest BCUT2D eigenvalue weighted by molar-refractivity contribution is 5.94. The van der Waals surface area contributed by atoms with Crippen molar-refractivity contribution >= 4 is 11.9 Å². The van der Waals surface area contributed by atoms with Gasteiger partial charge in [0.2, 0.25) is 5.95 Å². The molecule has 2 aromatic heterocycles. The highest BCUT2D eigenvalue weighted by Crippen LogP contribution is 2.27. The summed E-state index contributed by atoms with van der Waals surface area (Å²) in [4.78, 5) is 27.1. The molecule has 0 radical (unpaired) electrons. The molecule has 1 saturated heterocycles. The van der Waals surface area contributed by atoms with Gasteiger partial charge in [0.15, 0.2) is 0 Å². The van der Waals surface area contributed by atoms with E-state index in [-0.39, 0.29) is 23.9 Å². The van der Waals surface area contributed by atoms with Gasteiger partial charge in [-0.05, 0) is 38.8 Å². The van der Waals surface area contributed by atoms with Crippen molar-refractivity contribution in [3.05, 3.63) is 42.0 Å². The van der Waals surface area contributed by atoms with Crippen LogP contribution in [0.1, 0.15) is 48.7 Å². The highest BCUT2D eigenvalue weighted by atomic mass is 16.5. The van der Waals surface area contributed by atoms with Crippen molar-refractivity contribution in [3.8, 4) is 5.75 Å². The van der Waals surface area contributed by atoms with Crippen molar-refractivity contribution in [1.82, 2.24) is 19.9 Å². The fourth-order valence-corrected chi connectivity index (χ4v) is 3.07. The lowest BCUT2D eigenvalue weighted by molar-refractivity contribution is 0.0704. The van der Waals surface area contributed by atoms with E-state index in [2.05, 4.69) is 15.0 Å². The first-order valence-electron chi connectivity index (χ1n) is 8.52. The molecule has 1 aliphatic heterocycles. The summed E-state index contributed by atoms with van der Waals surface area (Å²) in [6, 6.07) is 3.62. The third kappa shape index (κ3) is 4.23. The minimum Gasteiger partial charge on any atom is -0.489 e. The van der Waals surface area contributed by atoms with Crippen LogP contribution in [-0.2, 0) is 0 Å². The summed E-state index contributed by atoms with van der Waals surface area (Å²) in [5.41, 5.74) is 7.11. The lowest BCUT2D eigenvalue weighted by Gasteiger charge is -2.32. The van der Waals surface area contributed by atoms with Gasteiger partial charge < -0.3 is 15.4 Å². The number of hydrogen-bond donors (Lipinski definition) is 1. The third-order valence-corrected chi connectivity index (χ3v) is 4.15. The summed E-state index contributed by atoms with van der Waals surface area (Å²) in [5.74, 6) is 1.01. The van der Waals surface area contributed by atoms with E-state index in [1.807, 2.05) is 24.8 Å². The molecule has 2 aromatic rings. The van der Waals surface area contributed by atoms with Gasteiger partial charge in [0.1, 0.15) is 5.75 Å². The molecule has 1 unspecified atom stereocenters. The first-order chi connectivity index (χ1) is 12.0. The normalized spacial score (nSPS) is 17.6. The molecule has 1 fully saturated rings. The van der Waals surface area contributed by atoms with Crippen LogP contribution in [0.15, 0.2) is 30.7 Å². The predicted molar refractivity (Wildman–Crippen MR) is 94.3 cm³/mol. The van der Waals surface area contributed by atoms with Crippen molar-refractivity contribution in [2.75, 3.05) is 18.8 Å². The van der Waals surface area contributed by atoms with Crippen LogP contribution >= 0.6 is 0 Å². The summed E-state index contributed by atoms with van der Waals surface area (Å²) in [7, 11) is 0. The molecular formula is C18H23N5O2. The molecule has 0 aliphatic carbocycles. The Balaban J connectivity index is 1.74. The summed E-state index contributed by atoms with van der Waals surface area (Å²) < 4.78 is 5.63. The van der Waals surface area contributed by atoms with E-state index in [4.69, 9.17) is 10.5 Å². The Labute approximate surface area is 147 Å². The number of piperidine rings is 1. The number of nitrogens with zero attached hydrogens (tertiary/aromatic N) is 4. The zero-order chi connectivity index (χ0) is 17.8. The van der Waals surface area contributed by atoms with E-state index < -0.39 is 0 Å². The molecule has 0 aromatic carbocycles. The van der Waals surface area contributed by atoms with Gasteiger partial charge in [-0.15, -0.1) is 0 Å². The number of amides is 1. The van der Waals surface area contributed by atoms with E-state index in [1.54, 1.807) is 24.7 Å². The van der Waals surface area contributed by atoms with E-state index in [9.17, 15) is 4.79 Å². The van der Waals surface area contributed by atoms with Gasteiger partial charge in [-0.2, -0.15) is 0 Å². The molecule has 0 saturated carbocycles. The zero-order valence-corrected chi connectivity index (χ0v) is 14.6. The van der Waals surface area contributed by atoms with E-state index in [0.29, 0.717) is 17.9 Å². The van der Waals surface area contributed by atoms with Gasteiger partial charge in [-0.3, -0.25) is 9.78 Å². The van der Waals surface area contributed by atoms with Crippen molar-refractivity contribution in [2.45, 2.75) is 38.7 Å². The summed E-state index contributed by atoms with van der Waals surface area (Å²) in [6.07, 6.45) is 6.82. The fraction of sp³-hybridized carbons (Fsp3) is 0.444. The second-order valence-corrected chi connectivity index (χ2v) is 6.51. The topological polar surface area (TPSA) is 94.2 Å². The molecule has 3 rings (SSSR count). The molecule has 25 heavy (non-hydrogen) atoms. The van der Waals surface area contributed by atoms with Crippen LogP contribution in [0.4, 0.5) is 5.95 Å². The number of anilines is 1. The molecule has 0 spiro atoms. The smallest absolute Gasteiger partial charge is 0.255 e. The van der Waals surface area contributed by atoms with Crippen LogP contribution in [0.25, 0.3) is 0 Å². The molecule has 1 amide bonds. The minimum atomic E-state index is -0.0339. The Morgan fingerprint density at radius 2 is 2.24 bits per heavy atom. The molecular weight excluding hydrogens is 318 g/mol. The van der Waals surface area contributed by atoms with Crippen LogP contribution in [0.3, 0.4) is 0 Å². The monoisotopic (exact) mass is 341 g/mol. The number of ether oxygens (including phenoxy) is 1. The van der Waals surface area contributed by atoms with Crippen molar-refractivity contribution in [3.63, 3.8) is 0 Å². The predicted octanol–water partition coefficient (Wildman–Crippen LogP) is 2.26. The van der Waals surface area contributed by atoms with E-state index in [0.717, 1.165) is 25.1 Å². The lowest BCUT2D eigenvalue weighted by atomic mass is 9.94. The maximum atomic E-state index is 12.9. The minimum absolute atomic E-state index is 0.0339. The van der Waals surface area contributed by atoms with Crippen LogP contribution < -0.4 is 10.5 Å². The van der Waals surface area contributed by atoms with Crippen LogP contribution in [0, 0.1) is 0 Å². The molecule has 132 valence electrons. The van der Waals surface area contributed by atoms with Crippen LogP contribution in [-0.4, -0.2) is 45.0 Å². The Bertz CT molecular complexity index is 750. The SMILES string of the molecule is CC(C)Oc1cncc(C(=O)N2CCCC(c3ccnc(N)n3)C2)c1. The van der Waals surface area contributed by atoms with Crippen LogP contribution in [0.5, 0.6) is 5.75 Å². The molecule has 7 nitrogen and oxygen atoms in total. The third-order valence-electron chi connectivity index (χ3n) is 4.15. The molecule has 1 atom stereocenters. The van der Waals surface area contributed by atoms with Gasteiger partial charge in [0, 0.05) is 31.4 Å². The van der Waals surface area contributed by atoms with Crippen molar-refractivity contribution in [1.29, 1.82) is 0 Å². The Kier molecular flexibility index (Phi) is 5.11. The molecule has 7 heteroatoms. The number of hydrogen-bond acceptors (Lipinski definition) is 6. The van der Waals surface area contributed by atoms with Gasteiger partial charge in [-0.1, -0.05) is 0 Å². The summed E-state index contributed by atoms with van der Waals surface area (Å²) >= 11 is 0. The van der Waals surface area contributed by atoms with Gasteiger partial charge >= 0.3 is 0 Å². The number of nitrogens with two attached hydrogens (primary N) is 1. The van der Waals surface area contributed by atoms with Crippen LogP contribution in [0.2, 0.25) is 0 Å². The van der Waals surface area contributed by atoms with E-state index in [1.165, 1.54) is 0 Å². The number of rotatable bonds is 4. The number of nitrogen functional groups attached to an aromatic ring is 1. The summed E-state index contributed by atoms with van der Waals surface area (Å²) in [5, 5.41) is 0. The second-order valence-electron chi connectivity index (χ2n) is 6.51. The first-order valence-corrected chi connectivity index (χ1v) is 8.52. The van der Waals surface area contributed by atoms with Crippen molar-refractivity contribution in [2.24, 2.45) is 0 Å². The summed E-state index contributed by atoms with van der Waals surface area (Å²) in [6.45, 7) is 5.23. The Morgan fingerprint density at radius 1 is 1.40 bits per heavy atom. The molecule has 1 aliphatic rings. The van der Waals surface area contributed by atoms with E-state index >= 15 is 0 Å². The first kappa shape index (κ1) is 17.1. The lowest BCUT2D eigenvalue weighted by Crippen LogP contribution is -2.39. The van der Waals surface area contributed by atoms with Crippen molar-refractivity contribution < 1.29 is 9.53 Å². The maximum Gasteiger partial charge on any atom is 0.255 e. The fourth-order valence-electron chi connectivity index (χ4n) is 3.07. The number of likely N-dealkylation sites (tertiary alicyclic amines) is 1. The number of aromatic nitrogens is 3. The maximum absolute atomic E-state index is 12.9. The molecule has 2 N–H and O–H groups in total. The highest BCUT2D eigenvalue weighted by Gasteiger charge is 2.26. The number of pyridine rings is 1. The Morgan fingerprint density at radius 3 is 3.00 bits per heavy atom. The zero-order valence-electron chi connectivity index (χ0n) is 14.6. The molecule has 0 bridgehead atoms. The second kappa shape index (κ2) is 7.46. The largest absolute Gasteiger partial charge is 0.489 e. The average Bonchev–Trinajstić information content (AvgIpc) is 2.61. The average molecular weight is 341 g/mol. The Hall–Kier alpha value is -2.70. The quantitative estimate of drug-likeness (QED) is 0.917. The number of carbonyl (C=O) groups excluding carboxylic acids is 1. The van der Waals surface area contributed by atoms with Gasteiger partial charge in [0.05, 0.1) is 23.6 Å². The number of carbonyl (C=O) groups is 1.